The van der Waals surface area contributed by atoms with E-state index >= 15 is 0 Å². The van der Waals surface area contributed by atoms with E-state index in [9.17, 15) is 4.79 Å². The molecular weight excluding hydrogens is 324 g/mol. The molecule has 1 aromatic heterocycles. The SMILES string of the molecule is Cc1ccccc1NC(=O)Nc1ccc(-c2nc3ccccc3[nH]2)cc1. The number of H-pyrrole nitrogens is 1. The van der Waals surface area contributed by atoms with Gasteiger partial charge in [0.25, 0.3) is 0 Å². The van der Waals surface area contributed by atoms with Crippen molar-refractivity contribution in [3.05, 3.63) is 78.4 Å². The van der Waals surface area contributed by atoms with Crippen molar-refractivity contribution < 1.29 is 4.79 Å². The molecule has 0 spiro atoms. The Kier molecular flexibility index (Phi) is 4.11. The number of fused-ring (bicyclic) bond motifs is 1. The number of rotatable bonds is 3. The summed E-state index contributed by atoms with van der Waals surface area (Å²) in [5.74, 6) is 0.808. The number of imidazole rings is 1. The first-order valence-electron chi connectivity index (χ1n) is 8.38. The summed E-state index contributed by atoms with van der Waals surface area (Å²) in [5, 5.41) is 5.70. The number of benzene rings is 3. The van der Waals surface area contributed by atoms with Crippen LogP contribution in [0.5, 0.6) is 0 Å². The largest absolute Gasteiger partial charge is 0.338 e. The lowest BCUT2D eigenvalue weighted by atomic mass is 10.2. The van der Waals surface area contributed by atoms with Gasteiger partial charge in [-0.2, -0.15) is 0 Å². The number of aromatic amines is 1. The second-order valence-electron chi connectivity index (χ2n) is 6.07. The monoisotopic (exact) mass is 342 g/mol. The van der Waals surface area contributed by atoms with E-state index in [1.54, 1.807) is 0 Å². The highest BCUT2D eigenvalue weighted by atomic mass is 16.2. The summed E-state index contributed by atoms with van der Waals surface area (Å²) in [6.07, 6.45) is 0. The molecule has 4 aromatic rings. The average molecular weight is 342 g/mol. The van der Waals surface area contributed by atoms with Crippen molar-refractivity contribution in [3.8, 4) is 11.4 Å². The van der Waals surface area contributed by atoms with Gasteiger partial charge in [0.15, 0.2) is 0 Å². The van der Waals surface area contributed by atoms with Gasteiger partial charge in [0, 0.05) is 16.9 Å². The number of anilines is 2. The van der Waals surface area contributed by atoms with Gasteiger partial charge in [0.1, 0.15) is 5.82 Å². The molecule has 0 saturated heterocycles. The summed E-state index contributed by atoms with van der Waals surface area (Å²) in [6, 6.07) is 22.9. The van der Waals surface area contributed by atoms with Crippen molar-refractivity contribution in [2.45, 2.75) is 6.92 Å². The number of aromatic nitrogens is 2. The first-order chi connectivity index (χ1) is 12.7. The zero-order chi connectivity index (χ0) is 17.9. The van der Waals surface area contributed by atoms with Crippen LogP contribution in [0.15, 0.2) is 72.8 Å². The Morgan fingerprint density at radius 1 is 0.885 bits per heavy atom. The molecule has 2 amide bonds. The molecule has 5 nitrogen and oxygen atoms in total. The van der Waals surface area contributed by atoms with E-state index in [-0.39, 0.29) is 6.03 Å². The van der Waals surface area contributed by atoms with Crippen molar-refractivity contribution >= 4 is 28.4 Å². The maximum Gasteiger partial charge on any atom is 0.323 e. The fraction of sp³-hybridized carbons (Fsp3) is 0.0476. The third-order valence-corrected chi connectivity index (χ3v) is 4.20. The van der Waals surface area contributed by atoms with E-state index in [1.807, 2.05) is 79.7 Å². The minimum Gasteiger partial charge on any atom is -0.338 e. The zero-order valence-electron chi connectivity index (χ0n) is 14.3. The number of aryl methyl sites for hydroxylation is 1. The summed E-state index contributed by atoms with van der Waals surface area (Å²) in [6.45, 7) is 1.96. The predicted molar refractivity (Wildman–Crippen MR) is 105 cm³/mol. The number of carbonyl (C=O) groups is 1. The highest BCUT2D eigenvalue weighted by Crippen LogP contribution is 2.22. The number of hydrogen-bond donors (Lipinski definition) is 3. The summed E-state index contributed by atoms with van der Waals surface area (Å²) >= 11 is 0. The van der Waals surface area contributed by atoms with Gasteiger partial charge in [-0.05, 0) is 55.0 Å². The number of amides is 2. The van der Waals surface area contributed by atoms with Gasteiger partial charge in [0.2, 0.25) is 0 Å². The minimum absolute atomic E-state index is 0.268. The van der Waals surface area contributed by atoms with Gasteiger partial charge in [-0.1, -0.05) is 30.3 Å². The van der Waals surface area contributed by atoms with E-state index in [0.717, 1.165) is 39.4 Å². The van der Waals surface area contributed by atoms with E-state index in [2.05, 4.69) is 20.6 Å². The lowest BCUT2D eigenvalue weighted by Gasteiger charge is -2.10. The fourth-order valence-corrected chi connectivity index (χ4v) is 2.80. The van der Waals surface area contributed by atoms with Crippen molar-refractivity contribution in [1.29, 1.82) is 0 Å². The standard InChI is InChI=1S/C21H18N4O/c1-14-6-2-3-7-17(14)25-21(26)22-16-12-10-15(11-13-16)20-23-18-8-4-5-9-19(18)24-20/h2-13H,1H3,(H,23,24)(H2,22,25,26). The quantitative estimate of drug-likeness (QED) is 0.480. The molecule has 0 bridgehead atoms. The van der Waals surface area contributed by atoms with Crippen molar-refractivity contribution in [1.82, 2.24) is 9.97 Å². The fourth-order valence-electron chi connectivity index (χ4n) is 2.80. The molecule has 128 valence electrons. The van der Waals surface area contributed by atoms with E-state index in [1.165, 1.54) is 0 Å². The van der Waals surface area contributed by atoms with Crippen LogP contribution in [-0.2, 0) is 0 Å². The third-order valence-electron chi connectivity index (χ3n) is 4.20. The average Bonchev–Trinajstić information content (AvgIpc) is 3.08. The highest BCUT2D eigenvalue weighted by molar-refractivity contribution is 6.00. The number of nitrogens with zero attached hydrogens (tertiary/aromatic N) is 1. The number of nitrogens with one attached hydrogen (secondary N) is 3. The van der Waals surface area contributed by atoms with Gasteiger partial charge in [0.05, 0.1) is 11.0 Å². The van der Waals surface area contributed by atoms with Gasteiger partial charge >= 0.3 is 6.03 Å². The molecule has 0 aliphatic rings. The Labute approximate surface area is 151 Å². The lowest BCUT2D eigenvalue weighted by molar-refractivity contribution is 0.262. The lowest BCUT2D eigenvalue weighted by Crippen LogP contribution is -2.19. The normalized spacial score (nSPS) is 10.7. The molecule has 0 unspecified atom stereocenters. The Bertz CT molecular complexity index is 1030. The summed E-state index contributed by atoms with van der Waals surface area (Å²) in [4.78, 5) is 20.0. The van der Waals surface area contributed by atoms with Crippen LogP contribution >= 0.6 is 0 Å². The number of carbonyl (C=O) groups excluding carboxylic acids is 1. The first-order valence-corrected chi connectivity index (χ1v) is 8.38. The molecule has 26 heavy (non-hydrogen) atoms. The zero-order valence-corrected chi connectivity index (χ0v) is 14.3. The molecule has 3 N–H and O–H groups in total. The van der Waals surface area contributed by atoms with E-state index in [4.69, 9.17) is 0 Å². The second-order valence-corrected chi connectivity index (χ2v) is 6.07. The first kappa shape index (κ1) is 15.9. The van der Waals surface area contributed by atoms with Crippen molar-refractivity contribution in [3.63, 3.8) is 0 Å². The molecule has 0 saturated carbocycles. The molecule has 4 rings (SSSR count). The van der Waals surface area contributed by atoms with Crippen LogP contribution in [0.25, 0.3) is 22.4 Å². The van der Waals surface area contributed by atoms with Gasteiger partial charge in [-0.3, -0.25) is 0 Å². The molecule has 0 atom stereocenters. The van der Waals surface area contributed by atoms with Crippen LogP contribution in [0.1, 0.15) is 5.56 Å². The molecule has 5 heteroatoms. The molecular formula is C21H18N4O. The van der Waals surface area contributed by atoms with Crippen LogP contribution in [0.2, 0.25) is 0 Å². The smallest absolute Gasteiger partial charge is 0.323 e. The van der Waals surface area contributed by atoms with Crippen LogP contribution in [0.4, 0.5) is 16.2 Å². The minimum atomic E-state index is -0.268. The molecule has 0 aliphatic heterocycles. The van der Waals surface area contributed by atoms with Crippen molar-refractivity contribution in [2.75, 3.05) is 10.6 Å². The maximum absolute atomic E-state index is 12.2. The molecule has 3 aromatic carbocycles. The predicted octanol–water partition coefficient (Wildman–Crippen LogP) is 5.18. The van der Waals surface area contributed by atoms with Gasteiger partial charge in [-0.15, -0.1) is 0 Å². The van der Waals surface area contributed by atoms with Gasteiger partial charge < -0.3 is 15.6 Å². The second kappa shape index (κ2) is 6.72. The van der Waals surface area contributed by atoms with Crippen molar-refractivity contribution in [2.24, 2.45) is 0 Å². The Morgan fingerprint density at radius 2 is 1.62 bits per heavy atom. The summed E-state index contributed by atoms with van der Waals surface area (Å²) in [7, 11) is 0. The van der Waals surface area contributed by atoms with Gasteiger partial charge in [-0.25, -0.2) is 9.78 Å². The third kappa shape index (κ3) is 3.28. The maximum atomic E-state index is 12.2. The highest BCUT2D eigenvalue weighted by Gasteiger charge is 2.07. The topological polar surface area (TPSA) is 69.8 Å². The van der Waals surface area contributed by atoms with Crippen LogP contribution in [-0.4, -0.2) is 16.0 Å². The van der Waals surface area contributed by atoms with E-state index in [0.29, 0.717) is 0 Å². The number of urea groups is 1. The number of hydrogen-bond acceptors (Lipinski definition) is 2. The summed E-state index contributed by atoms with van der Waals surface area (Å²) < 4.78 is 0. The Balaban J connectivity index is 1.47. The molecule has 0 radical (unpaired) electrons. The van der Waals surface area contributed by atoms with E-state index < -0.39 is 0 Å². The molecule has 1 heterocycles. The molecule has 0 fully saturated rings. The number of para-hydroxylation sites is 3. The van der Waals surface area contributed by atoms with Crippen LogP contribution in [0.3, 0.4) is 0 Å². The Hall–Kier alpha value is -3.60. The Morgan fingerprint density at radius 3 is 2.38 bits per heavy atom. The van der Waals surface area contributed by atoms with Crippen LogP contribution < -0.4 is 10.6 Å². The van der Waals surface area contributed by atoms with Crippen LogP contribution in [0, 0.1) is 6.92 Å². The molecule has 0 aliphatic carbocycles. The summed E-state index contributed by atoms with van der Waals surface area (Å²) in [5.41, 5.74) is 5.43.